The van der Waals surface area contributed by atoms with Crippen LogP contribution in [0.4, 0.5) is 0 Å². The average Bonchev–Trinajstić information content (AvgIpc) is 2.41. The lowest BCUT2D eigenvalue weighted by molar-refractivity contribution is 0.0681. The molecule has 1 aliphatic rings. The van der Waals surface area contributed by atoms with Gasteiger partial charge >= 0.3 is 11.9 Å². The number of carboxylic acid groups (broad SMARTS) is 2. The highest BCUT2D eigenvalue weighted by atomic mass is 16.4. The van der Waals surface area contributed by atoms with Crippen LogP contribution in [0.25, 0.3) is 0 Å². The number of benzene rings is 1. The Balaban J connectivity index is 0.000000225. The summed E-state index contributed by atoms with van der Waals surface area (Å²) in [7, 11) is 0. The van der Waals surface area contributed by atoms with Gasteiger partial charge in [0.2, 0.25) is 0 Å². The van der Waals surface area contributed by atoms with Gasteiger partial charge in [-0.3, -0.25) is 0 Å². The van der Waals surface area contributed by atoms with E-state index in [1.54, 1.807) is 0 Å². The van der Waals surface area contributed by atoms with Gasteiger partial charge in [-0.15, -0.1) is 0 Å². The fraction of sp³-hybridized carbons (Fsp3) is 0.333. The maximum atomic E-state index is 10.3. The molecular formula is C12H16N2O4. The van der Waals surface area contributed by atoms with E-state index in [0.29, 0.717) is 0 Å². The molecule has 18 heavy (non-hydrogen) atoms. The first-order valence-corrected chi connectivity index (χ1v) is 5.59. The van der Waals surface area contributed by atoms with Crippen molar-refractivity contribution in [2.24, 2.45) is 0 Å². The molecule has 1 aromatic rings. The maximum absolute atomic E-state index is 10.3. The zero-order valence-electron chi connectivity index (χ0n) is 9.85. The number of carbonyl (C=O) groups is 2. The third kappa shape index (κ3) is 4.94. The average molecular weight is 252 g/mol. The number of aromatic carboxylic acids is 2. The van der Waals surface area contributed by atoms with E-state index in [0.717, 1.165) is 26.2 Å². The lowest BCUT2D eigenvalue weighted by Gasteiger charge is -2.11. The van der Waals surface area contributed by atoms with E-state index < -0.39 is 11.9 Å². The van der Waals surface area contributed by atoms with Crippen LogP contribution in [0, 0.1) is 0 Å². The van der Waals surface area contributed by atoms with E-state index in [2.05, 4.69) is 10.6 Å². The van der Waals surface area contributed by atoms with Crippen LogP contribution in [0.2, 0.25) is 0 Å². The molecule has 2 rings (SSSR count). The molecule has 98 valence electrons. The van der Waals surface area contributed by atoms with Gasteiger partial charge in [0.05, 0.1) is 11.1 Å². The Kier molecular flexibility index (Phi) is 5.83. The van der Waals surface area contributed by atoms with E-state index in [-0.39, 0.29) is 11.1 Å². The third-order valence-electron chi connectivity index (χ3n) is 2.34. The third-order valence-corrected chi connectivity index (χ3v) is 2.34. The Morgan fingerprint density at radius 3 is 1.22 bits per heavy atom. The number of carboxylic acids is 2. The largest absolute Gasteiger partial charge is 0.478 e. The Labute approximate surface area is 105 Å². The van der Waals surface area contributed by atoms with Crippen LogP contribution in [0.5, 0.6) is 0 Å². The summed E-state index contributed by atoms with van der Waals surface area (Å²) in [6.45, 7) is 4.56. The van der Waals surface area contributed by atoms with Gasteiger partial charge in [-0.25, -0.2) is 9.59 Å². The smallest absolute Gasteiger partial charge is 0.335 e. The summed E-state index contributed by atoms with van der Waals surface area (Å²) in [6, 6.07) is 5.02. The number of nitrogens with one attached hydrogen (secondary N) is 2. The predicted molar refractivity (Wildman–Crippen MR) is 66.1 cm³/mol. The number of rotatable bonds is 2. The highest BCUT2D eigenvalue weighted by Gasteiger charge is 2.04. The molecule has 1 saturated heterocycles. The molecule has 1 aromatic carbocycles. The lowest BCUT2D eigenvalue weighted by atomic mass is 10.1. The highest BCUT2D eigenvalue weighted by Crippen LogP contribution is 2.03. The van der Waals surface area contributed by atoms with Crippen LogP contribution < -0.4 is 10.6 Å². The van der Waals surface area contributed by atoms with Crippen LogP contribution >= 0.6 is 0 Å². The van der Waals surface area contributed by atoms with Crippen molar-refractivity contribution in [1.29, 1.82) is 0 Å². The first-order chi connectivity index (χ1) is 8.61. The topological polar surface area (TPSA) is 98.7 Å². The Hall–Kier alpha value is -1.92. The minimum absolute atomic E-state index is 0.0833. The fourth-order valence-electron chi connectivity index (χ4n) is 1.36. The monoisotopic (exact) mass is 252 g/mol. The van der Waals surface area contributed by atoms with Crippen LogP contribution in [0.1, 0.15) is 20.7 Å². The number of piperazine rings is 1. The van der Waals surface area contributed by atoms with Crippen LogP contribution in [-0.4, -0.2) is 48.3 Å². The zero-order valence-corrected chi connectivity index (χ0v) is 9.85. The van der Waals surface area contributed by atoms with Gasteiger partial charge < -0.3 is 20.8 Å². The van der Waals surface area contributed by atoms with Crippen LogP contribution in [0.3, 0.4) is 0 Å². The summed E-state index contributed by atoms with van der Waals surface area (Å²) >= 11 is 0. The first kappa shape index (κ1) is 14.1. The Morgan fingerprint density at radius 1 is 0.778 bits per heavy atom. The van der Waals surface area contributed by atoms with E-state index >= 15 is 0 Å². The molecule has 0 aliphatic carbocycles. The minimum Gasteiger partial charge on any atom is -0.478 e. The molecule has 6 heteroatoms. The molecule has 6 nitrogen and oxygen atoms in total. The van der Waals surface area contributed by atoms with Crippen molar-refractivity contribution < 1.29 is 19.8 Å². The molecule has 0 saturated carbocycles. The molecule has 1 heterocycles. The lowest BCUT2D eigenvalue weighted by Crippen LogP contribution is -2.39. The molecule has 0 aromatic heterocycles. The van der Waals surface area contributed by atoms with Crippen molar-refractivity contribution in [1.82, 2.24) is 10.6 Å². The summed E-state index contributed by atoms with van der Waals surface area (Å²) in [5, 5.41) is 23.4. The summed E-state index contributed by atoms with van der Waals surface area (Å²) in [4.78, 5) is 20.7. The quantitative estimate of drug-likeness (QED) is 0.602. The molecule has 0 atom stereocenters. The fourth-order valence-corrected chi connectivity index (χ4v) is 1.36. The summed E-state index contributed by atoms with van der Waals surface area (Å²) in [5.41, 5.74) is 0.167. The molecule has 0 unspecified atom stereocenters. The Bertz CT molecular complexity index is 355. The van der Waals surface area contributed by atoms with Crippen LogP contribution in [-0.2, 0) is 0 Å². The maximum Gasteiger partial charge on any atom is 0.335 e. The van der Waals surface area contributed by atoms with Crippen molar-refractivity contribution in [3.63, 3.8) is 0 Å². The van der Waals surface area contributed by atoms with Gasteiger partial charge in [0.15, 0.2) is 0 Å². The number of hydrogen-bond donors (Lipinski definition) is 4. The standard InChI is InChI=1S/C8H6O4.C4H10N2/c9-7(10)5-1-2-6(4-3-5)8(11)12;1-2-6-4-3-5-1/h1-4H,(H,9,10)(H,11,12);5-6H,1-4H2. The summed E-state index contributed by atoms with van der Waals surface area (Å²) in [6.07, 6.45) is 0. The predicted octanol–water partition coefficient (Wildman–Crippen LogP) is 0.262. The second-order valence-corrected chi connectivity index (χ2v) is 3.69. The van der Waals surface area contributed by atoms with Gasteiger partial charge in [0, 0.05) is 26.2 Å². The number of hydrogen-bond acceptors (Lipinski definition) is 4. The van der Waals surface area contributed by atoms with E-state index in [9.17, 15) is 9.59 Å². The van der Waals surface area contributed by atoms with Crippen molar-refractivity contribution >= 4 is 11.9 Å². The molecule has 0 amide bonds. The molecule has 0 bridgehead atoms. The Morgan fingerprint density at radius 2 is 1.06 bits per heavy atom. The van der Waals surface area contributed by atoms with E-state index in [1.165, 1.54) is 24.3 Å². The van der Waals surface area contributed by atoms with Crippen molar-refractivity contribution in [3.8, 4) is 0 Å². The van der Waals surface area contributed by atoms with Gasteiger partial charge in [0.1, 0.15) is 0 Å². The molecule has 1 aliphatic heterocycles. The van der Waals surface area contributed by atoms with E-state index in [4.69, 9.17) is 10.2 Å². The van der Waals surface area contributed by atoms with Gasteiger partial charge in [-0.05, 0) is 24.3 Å². The zero-order chi connectivity index (χ0) is 13.4. The summed E-state index contributed by atoms with van der Waals surface area (Å²) in [5.74, 6) is -2.13. The van der Waals surface area contributed by atoms with Crippen molar-refractivity contribution in [2.75, 3.05) is 26.2 Å². The van der Waals surface area contributed by atoms with Gasteiger partial charge in [-0.1, -0.05) is 0 Å². The second-order valence-electron chi connectivity index (χ2n) is 3.69. The van der Waals surface area contributed by atoms with E-state index in [1.807, 2.05) is 0 Å². The first-order valence-electron chi connectivity index (χ1n) is 5.59. The normalized spacial score (nSPS) is 14.2. The molecule has 0 spiro atoms. The summed E-state index contributed by atoms with van der Waals surface area (Å²) < 4.78 is 0. The SMILES string of the molecule is C1CNCCN1.O=C(O)c1ccc(C(=O)O)cc1. The molecular weight excluding hydrogens is 236 g/mol. The molecule has 0 radical (unpaired) electrons. The molecule has 4 N–H and O–H groups in total. The van der Waals surface area contributed by atoms with Gasteiger partial charge in [0.25, 0.3) is 0 Å². The van der Waals surface area contributed by atoms with Crippen LogP contribution in [0.15, 0.2) is 24.3 Å². The highest BCUT2D eigenvalue weighted by molar-refractivity contribution is 5.91. The molecule has 1 fully saturated rings. The van der Waals surface area contributed by atoms with Gasteiger partial charge in [-0.2, -0.15) is 0 Å². The minimum atomic E-state index is -1.06. The second kappa shape index (κ2) is 7.41. The van der Waals surface area contributed by atoms with Crippen molar-refractivity contribution in [2.45, 2.75) is 0 Å². The van der Waals surface area contributed by atoms with Crippen molar-refractivity contribution in [3.05, 3.63) is 35.4 Å².